The van der Waals surface area contributed by atoms with Crippen molar-refractivity contribution >= 4 is 18.3 Å². The summed E-state index contributed by atoms with van der Waals surface area (Å²) in [5, 5.41) is 0. The SMILES string of the molecule is NNc1ccc(CCS)cc1. The molecule has 1 aromatic carbocycles. The third-order valence-electron chi connectivity index (χ3n) is 1.52. The maximum atomic E-state index is 5.21. The molecule has 0 aliphatic rings. The summed E-state index contributed by atoms with van der Waals surface area (Å²) in [5.41, 5.74) is 4.81. The van der Waals surface area contributed by atoms with Crippen molar-refractivity contribution in [1.29, 1.82) is 0 Å². The zero-order valence-electron chi connectivity index (χ0n) is 6.25. The number of thiol groups is 1. The molecular weight excluding hydrogens is 156 g/mol. The molecule has 11 heavy (non-hydrogen) atoms. The Labute approximate surface area is 72.2 Å². The lowest BCUT2D eigenvalue weighted by atomic mass is 10.1. The quantitative estimate of drug-likeness (QED) is 0.363. The van der Waals surface area contributed by atoms with Crippen LogP contribution in [0.15, 0.2) is 24.3 Å². The molecule has 0 amide bonds. The van der Waals surface area contributed by atoms with Gasteiger partial charge in [-0.05, 0) is 29.9 Å². The largest absolute Gasteiger partial charge is 0.324 e. The molecule has 0 atom stereocenters. The summed E-state index contributed by atoms with van der Waals surface area (Å²) >= 11 is 4.14. The van der Waals surface area contributed by atoms with Gasteiger partial charge in [0.05, 0.1) is 0 Å². The Morgan fingerprint density at radius 2 is 1.91 bits per heavy atom. The highest BCUT2D eigenvalue weighted by Crippen LogP contribution is 2.08. The first-order valence-corrected chi connectivity index (χ1v) is 4.16. The summed E-state index contributed by atoms with van der Waals surface area (Å²) in [7, 11) is 0. The Morgan fingerprint density at radius 1 is 1.27 bits per heavy atom. The number of nitrogens with two attached hydrogens (primary N) is 1. The molecule has 3 N–H and O–H groups in total. The van der Waals surface area contributed by atoms with E-state index in [4.69, 9.17) is 5.84 Å². The third kappa shape index (κ3) is 2.44. The van der Waals surface area contributed by atoms with Crippen molar-refractivity contribution in [2.75, 3.05) is 11.2 Å². The Hall–Kier alpha value is -0.670. The van der Waals surface area contributed by atoms with Crippen LogP contribution in [0.2, 0.25) is 0 Å². The lowest BCUT2D eigenvalue weighted by Crippen LogP contribution is -2.06. The molecule has 0 aliphatic heterocycles. The van der Waals surface area contributed by atoms with Crippen molar-refractivity contribution in [2.45, 2.75) is 6.42 Å². The fraction of sp³-hybridized carbons (Fsp3) is 0.250. The number of hydrazine groups is 1. The number of hydrogen-bond donors (Lipinski definition) is 3. The van der Waals surface area contributed by atoms with Gasteiger partial charge < -0.3 is 5.43 Å². The lowest BCUT2D eigenvalue weighted by molar-refractivity contribution is 1.16. The van der Waals surface area contributed by atoms with E-state index in [9.17, 15) is 0 Å². The Morgan fingerprint density at radius 3 is 2.36 bits per heavy atom. The molecule has 0 aromatic heterocycles. The predicted molar refractivity (Wildman–Crippen MR) is 51.8 cm³/mol. The standard InChI is InChI=1S/C8H12N2S/c9-10-8-3-1-7(2-4-8)5-6-11/h1-4,10-11H,5-6,9H2. The van der Waals surface area contributed by atoms with Gasteiger partial charge in [-0.15, -0.1) is 0 Å². The molecule has 0 fully saturated rings. The van der Waals surface area contributed by atoms with Crippen molar-refractivity contribution in [2.24, 2.45) is 5.84 Å². The van der Waals surface area contributed by atoms with Crippen LogP contribution in [-0.4, -0.2) is 5.75 Å². The molecule has 1 rings (SSSR count). The molecule has 2 nitrogen and oxygen atoms in total. The maximum absolute atomic E-state index is 5.21. The van der Waals surface area contributed by atoms with Gasteiger partial charge in [-0.3, -0.25) is 5.84 Å². The van der Waals surface area contributed by atoms with Crippen LogP contribution in [0, 0.1) is 0 Å². The van der Waals surface area contributed by atoms with E-state index in [0.717, 1.165) is 17.9 Å². The summed E-state index contributed by atoms with van der Waals surface area (Å²) in [4.78, 5) is 0. The first-order chi connectivity index (χ1) is 5.36. The molecule has 0 radical (unpaired) electrons. The van der Waals surface area contributed by atoms with Crippen LogP contribution in [0.1, 0.15) is 5.56 Å². The van der Waals surface area contributed by atoms with E-state index in [1.165, 1.54) is 5.56 Å². The molecular formula is C8H12N2S. The number of aryl methyl sites for hydroxylation is 1. The average Bonchev–Trinajstić information content (AvgIpc) is 2.07. The minimum absolute atomic E-state index is 0.884. The summed E-state index contributed by atoms with van der Waals surface area (Å²) < 4.78 is 0. The zero-order chi connectivity index (χ0) is 8.10. The lowest BCUT2D eigenvalue weighted by Gasteiger charge is -2.00. The van der Waals surface area contributed by atoms with Gasteiger partial charge in [-0.25, -0.2) is 0 Å². The van der Waals surface area contributed by atoms with Crippen LogP contribution in [0.25, 0.3) is 0 Å². The molecule has 0 aliphatic carbocycles. The van der Waals surface area contributed by atoms with Crippen LogP contribution in [-0.2, 0) is 6.42 Å². The second kappa shape index (κ2) is 4.26. The molecule has 0 bridgehead atoms. The summed E-state index contributed by atoms with van der Waals surface area (Å²) in [6.07, 6.45) is 1.01. The molecule has 0 heterocycles. The highest BCUT2D eigenvalue weighted by atomic mass is 32.1. The van der Waals surface area contributed by atoms with E-state index in [2.05, 4.69) is 18.1 Å². The average molecular weight is 168 g/mol. The van der Waals surface area contributed by atoms with Gasteiger partial charge in [0.2, 0.25) is 0 Å². The van der Waals surface area contributed by atoms with E-state index in [1.807, 2.05) is 24.3 Å². The van der Waals surface area contributed by atoms with Gasteiger partial charge in [0.25, 0.3) is 0 Å². The number of rotatable bonds is 3. The summed E-state index contributed by atoms with van der Waals surface area (Å²) in [6, 6.07) is 8.01. The Kier molecular flexibility index (Phi) is 3.26. The molecule has 0 unspecified atom stereocenters. The normalized spacial score (nSPS) is 9.64. The summed E-state index contributed by atoms with van der Waals surface area (Å²) in [6.45, 7) is 0. The van der Waals surface area contributed by atoms with E-state index in [-0.39, 0.29) is 0 Å². The van der Waals surface area contributed by atoms with E-state index in [0.29, 0.717) is 0 Å². The van der Waals surface area contributed by atoms with Gasteiger partial charge in [0.15, 0.2) is 0 Å². The van der Waals surface area contributed by atoms with Gasteiger partial charge >= 0.3 is 0 Å². The smallest absolute Gasteiger partial charge is 0.0485 e. The number of anilines is 1. The molecule has 3 heteroatoms. The summed E-state index contributed by atoms with van der Waals surface area (Å²) in [5.74, 6) is 6.09. The Bertz CT molecular complexity index is 208. The van der Waals surface area contributed by atoms with Gasteiger partial charge in [0.1, 0.15) is 0 Å². The van der Waals surface area contributed by atoms with Crippen molar-refractivity contribution in [1.82, 2.24) is 0 Å². The highest BCUT2D eigenvalue weighted by Gasteiger charge is 1.90. The monoisotopic (exact) mass is 168 g/mol. The second-order valence-corrected chi connectivity index (χ2v) is 2.76. The van der Waals surface area contributed by atoms with Gasteiger partial charge in [-0.1, -0.05) is 12.1 Å². The zero-order valence-corrected chi connectivity index (χ0v) is 7.14. The first-order valence-electron chi connectivity index (χ1n) is 3.53. The second-order valence-electron chi connectivity index (χ2n) is 2.31. The molecule has 0 saturated heterocycles. The topological polar surface area (TPSA) is 38.0 Å². The highest BCUT2D eigenvalue weighted by molar-refractivity contribution is 7.80. The van der Waals surface area contributed by atoms with E-state index >= 15 is 0 Å². The van der Waals surface area contributed by atoms with Crippen molar-refractivity contribution < 1.29 is 0 Å². The first kappa shape index (κ1) is 8.43. The minimum Gasteiger partial charge on any atom is -0.324 e. The maximum Gasteiger partial charge on any atom is 0.0485 e. The fourth-order valence-corrected chi connectivity index (χ4v) is 1.15. The van der Waals surface area contributed by atoms with Gasteiger partial charge in [0, 0.05) is 5.69 Å². The molecule has 1 aromatic rings. The van der Waals surface area contributed by atoms with Crippen LogP contribution < -0.4 is 11.3 Å². The van der Waals surface area contributed by atoms with Crippen molar-refractivity contribution in [3.8, 4) is 0 Å². The predicted octanol–water partition coefficient (Wildman–Crippen LogP) is 1.44. The Balaban J connectivity index is 2.66. The number of nitrogen functional groups attached to an aromatic ring is 1. The van der Waals surface area contributed by atoms with Crippen molar-refractivity contribution in [3.05, 3.63) is 29.8 Å². The number of hydrogen-bond acceptors (Lipinski definition) is 3. The van der Waals surface area contributed by atoms with Crippen LogP contribution in [0.5, 0.6) is 0 Å². The fourth-order valence-electron chi connectivity index (χ4n) is 0.897. The minimum atomic E-state index is 0.884. The number of nitrogens with one attached hydrogen (secondary N) is 1. The van der Waals surface area contributed by atoms with E-state index in [1.54, 1.807) is 0 Å². The van der Waals surface area contributed by atoms with Crippen LogP contribution in [0.3, 0.4) is 0 Å². The number of benzene rings is 1. The van der Waals surface area contributed by atoms with E-state index < -0.39 is 0 Å². The molecule has 60 valence electrons. The third-order valence-corrected chi connectivity index (χ3v) is 1.74. The van der Waals surface area contributed by atoms with Crippen molar-refractivity contribution in [3.63, 3.8) is 0 Å². The van der Waals surface area contributed by atoms with Crippen LogP contribution >= 0.6 is 12.6 Å². The van der Waals surface area contributed by atoms with Gasteiger partial charge in [-0.2, -0.15) is 12.6 Å². The molecule has 0 saturated carbocycles. The van der Waals surface area contributed by atoms with Crippen LogP contribution in [0.4, 0.5) is 5.69 Å². The molecule has 0 spiro atoms.